The van der Waals surface area contributed by atoms with Crippen molar-refractivity contribution in [2.45, 2.75) is 38.7 Å². The van der Waals surface area contributed by atoms with E-state index in [0.717, 1.165) is 52.9 Å². The molecule has 16 nitrogen and oxygen atoms in total. The van der Waals surface area contributed by atoms with Gasteiger partial charge in [-0.05, 0) is 136 Å². The molecule has 86 heavy (non-hydrogen) atoms. The van der Waals surface area contributed by atoms with Crippen LogP contribution in [0.25, 0.3) is 22.3 Å². The maximum absolute atomic E-state index is 13.0. The van der Waals surface area contributed by atoms with E-state index >= 15 is 0 Å². The van der Waals surface area contributed by atoms with Crippen LogP contribution in [0.4, 0.5) is 17.1 Å². The minimum absolute atomic E-state index is 0.0990. The fourth-order valence-electron chi connectivity index (χ4n) is 11.5. The van der Waals surface area contributed by atoms with Gasteiger partial charge in [0.15, 0.2) is 0 Å². The molecule has 4 aliphatic rings. The van der Waals surface area contributed by atoms with Gasteiger partial charge in [0.05, 0.1) is 35.5 Å². The zero-order valence-corrected chi connectivity index (χ0v) is 47.1. The van der Waals surface area contributed by atoms with Crippen molar-refractivity contribution >= 4 is 65.2 Å². The molecule has 2 saturated heterocycles. The smallest absolute Gasteiger partial charge is 0.318 e. The molecule has 2 amide bonds. The SMILES string of the molecule is CNC(=O)C1C(OC=O)C(C(=O)O)C1C(=O)Nc1ccc(Cc2ccc(-c3ccc(Cc4ccc(C)cc4)cc3)cc2)cc1.Nc1ccc(Cc2ccc(-c3ccc(Cc4ccc(N)cc4)cc3)cc2)cc1.O=C1OC(=O)C2C1C1C(=O)OC(=O)C21. The zero-order chi connectivity index (χ0) is 60.6. The van der Waals surface area contributed by atoms with Gasteiger partial charge in [0.1, 0.15) is 12.0 Å². The van der Waals surface area contributed by atoms with Crippen molar-refractivity contribution in [1.29, 1.82) is 0 Å². The zero-order valence-electron chi connectivity index (χ0n) is 47.1. The number of nitrogens with one attached hydrogen (secondary N) is 2. The first-order chi connectivity index (χ1) is 41.5. The third-order valence-corrected chi connectivity index (χ3v) is 16.3. The van der Waals surface area contributed by atoms with Gasteiger partial charge in [-0.2, -0.15) is 0 Å². The van der Waals surface area contributed by atoms with E-state index < -0.39 is 89.2 Å². The lowest BCUT2D eigenvalue weighted by Gasteiger charge is -2.45. The van der Waals surface area contributed by atoms with Gasteiger partial charge in [0.2, 0.25) is 11.8 Å². The van der Waals surface area contributed by atoms with Crippen LogP contribution in [0, 0.1) is 48.3 Å². The van der Waals surface area contributed by atoms with Crippen LogP contribution >= 0.6 is 0 Å². The minimum Gasteiger partial charge on any atom is -0.481 e. The number of aliphatic carboxylic acids is 1. The van der Waals surface area contributed by atoms with Gasteiger partial charge in [0, 0.05) is 24.1 Å². The first-order valence-corrected chi connectivity index (χ1v) is 28.1. The molecular weight excluding hydrogens is 1090 g/mol. The molecule has 4 fully saturated rings. The standard InChI is InChI=1S/C36H34N2O6.C26H24N2.C8H4O6/c1-22-3-5-23(6-4-22)19-24-7-13-27(14-8-24)28-15-9-25(10-16-28)20-26-11-17-29(18-12-26)38-35(41)30-31(34(40)37-2)33(44-21-39)32(30)36(42)43;27-25-13-5-21(6-14-25)17-19-1-9-23(10-2-19)24-11-3-20(4-12-24)18-22-7-15-26(28)16-8-22;9-5-1-2(6(10)13-5)4-3(1)7(11)14-8(4)12/h3-18,21,30-33H,19-20H2,1-2H3,(H,37,40)(H,38,41)(H,42,43);1-16H,17-18,27-28H2;1-4H. The molecule has 2 aliphatic carbocycles. The number of anilines is 3. The number of rotatable bonds is 16. The van der Waals surface area contributed by atoms with Crippen molar-refractivity contribution < 1.29 is 57.7 Å². The lowest BCUT2D eigenvalue weighted by atomic mass is 9.59. The number of ether oxygens (including phenoxy) is 3. The predicted octanol–water partition coefficient (Wildman–Crippen LogP) is 9.35. The van der Waals surface area contributed by atoms with Crippen LogP contribution in [-0.2, 0) is 78.3 Å². The van der Waals surface area contributed by atoms with Crippen LogP contribution in [0.15, 0.2) is 194 Å². The second kappa shape index (κ2) is 26.0. The maximum atomic E-state index is 13.0. The Morgan fingerprint density at radius 1 is 0.442 bits per heavy atom. The summed E-state index contributed by atoms with van der Waals surface area (Å²) in [6.45, 7) is 2.19. The summed E-state index contributed by atoms with van der Waals surface area (Å²) in [7, 11) is 1.38. The number of carboxylic acids is 1. The molecule has 4 atom stereocenters. The summed E-state index contributed by atoms with van der Waals surface area (Å²) in [5, 5.41) is 14.7. The Kier molecular flexibility index (Phi) is 17.7. The summed E-state index contributed by atoms with van der Waals surface area (Å²) in [6, 6.07) is 66.7. The number of aryl methyl sites for hydroxylation is 1. The topological polar surface area (TPSA) is 261 Å². The number of amides is 2. The minimum atomic E-state index is -1.32. The van der Waals surface area contributed by atoms with E-state index in [9.17, 15) is 43.5 Å². The summed E-state index contributed by atoms with van der Waals surface area (Å²) in [4.78, 5) is 92.3. The van der Waals surface area contributed by atoms with Gasteiger partial charge in [-0.25, -0.2) is 0 Å². The number of benzene rings is 8. The molecule has 0 aromatic heterocycles. The molecule has 434 valence electrons. The fourth-order valence-corrected chi connectivity index (χ4v) is 11.5. The van der Waals surface area contributed by atoms with Gasteiger partial charge >= 0.3 is 29.8 Å². The number of carbonyl (C=O) groups is 8. The quantitative estimate of drug-likeness (QED) is 0.0199. The summed E-state index contributed by atoms with van der Waals surface area (Å²) < 4.78 is 13.5. The molecule has 16 heteroatoms. The van der Waals surface area contributed by atoms with Gasteiger partial charge in [-0.3, -0.25) is 38.4 Å². The summed E-state index contributed by atoms with van der Waals surface area (Å²) in [5.41, 5.74) is 29.5. The molecular formula is C70H62N4O12. The van der Waals surface area contributed by atoms with Gasteiger partial charge < -0.3 is 41.4 Å². The van der Waals surface area contributed by atoms with Crippen LogP contribution in [0.3, 0.4) is 0 Å². The number of carboxylic acid groups (broad SMARTS) is 1. The Bertz CT molecular complexity index is 3630. The number of carbonyl (C=O) groups excluding carboxylic acids is 7. The molecule has 0 radical (unpaired) electrons. The lowest BCUT2D eigenvalue weighted by molar-refractivity contribution is -0.187. The Balaban J connectivity index is 0.000000164. The van der Waals surface area contributed by atoms with Gasteiger partial charge in [0.25, 0.3) is 6.47 Å². The van der Waals surface area contributed by atoms with E-state index in [1.54, 1.807) is 12.1 Å². The summed E-state index contributed by atoms with van der Waals surface area (Å²) in [5.74, 6) is -12.1. The number of hydrogen-bond acceptors (Lipinski definition) is 13. The van der Waals surface area contributed by atoms with Crippen LogP contribution in [-0.4, -0.2) is 66.4 Å². The van der Waals surface area contributed by atoms with Crippen LogP contribution in [0.1, 0.15) is 50.1 Å². The van der Waals surface area contributed by atoms with Crippen molar-refractivity contribution in [1.82, 2.24) is 5.32 Å². The Labute approximate surface area is 496 Å². The second-order valence-corrected chi connectivity index (χ2v) is 22.0. The summed E-state index contributed by atoms with van der Waals surface area (Å²) >= 11 is 0. The van der Waals surface area contributed by atoms with E-state index in [1.807, 2.05) is 36.4 Å². The van der Waals surface area contributed by atoms with Crippen molar-refractivity contribution in [3.05, 3.63) is 244 Å². The fraction of sp³-hybridized carbons (Fsp3) is 0.200. The highest BCUT2D eigenvalue weighted by Crippen LogP contribution is 2.55. The average Bonchev–Trinajstić information content (AvgIpc) is 1.53. The molecule has 8 aromatic carbocycles. The van der Waals surface area contributed by atoms with Crippen LogP contribution in [0.5, 0.6) is 0 Å². The molecule has 2 aliphatic heterocycles. The number of nitrogens with two attached hydrogens (primary N) is 2. The van der Waals surface area contributed by atoms with Gasteiger partial charge in [-0.1, -0.05) is 163 Å². The van der Waals surface area contributed by atoms with E-state index in [2.05, 4.69) is 173 Å². The highest BCUT2D eigenvalue weighted by atomic mass is 16.6. The Morgan fingerprint density at radius 2 is 0.733 bits per heavy atom. The van der Waals surface area contributed by atoms with Crippen LogP contribution < -0.4 is 22.1 Å². The molecule has 2 saturated carbocycles. The maximum Gasteiger partial charge on any atom is 0.318 e. The number of cyclic esters (lactones) is 4. The molecule has 8 aromatic rings. The van der Waals surface area contributed by atoms with Crippen molar-refractivity contribution in [2.75, 3.05) is 23.8 Å². The number of hydrogen-bond donors (Lipinski definition) is 5. The molecule has 7 N–H and O–H groups in total. The number of nitrogen functional groups attached to an aromatic ring is 2. The molecule has 0 bridgehead atoms. The molecule has 0 spiro atoms. The van der Waals surface area contributed by atoms with Crippen LogP contribution in [0.2, 0.25) is 0 Å². The second-order valence-electron chi connectivity index (χ2n) is 22.0. The lowest BCUT2D eigenvalue weighted by Crippen LogP contribution is -2.64. The monoisotopic (exact) mass is 1150 g/mol. The normalized spacial score (nSPS) is 20.3. The van der Waals surface area contributed by atoms with E-state index in [4.69, 9.17) is 16.2 Å². The molecule has 2 heterocycles. The Morgan fingerprint density at radius 3 is 1.02 bits per heavy atom. The third kappa shape index (κ3) is 13.3. The van der Waals surface area contributed by atoms with E-state index in [0.29, 0.717) is 12.1 Å². The molecule has 4 unspecified atom stereocenters. The van der Waals surface area contributed by atoms with Crippen molar-refractivity contribution in [3.63, 3.8) is 0 Å². The number of esters is 4. The largest absolute Gasteiger partial charge is 0.481 e. The van der Waals surface area contributed by atoms with E-state index in [-0.39, 0.29) is 6.47 Å². The van der Waals surface area contributed by atoms with E-state index in [1.165, 1.54) is 57.1 Å². The van der Waals surface area contributed by atoms with Crippen molar-refractivity contribution in [2.24, 2.45) is 41.4 Å². The van der Waals surface area contributed by atoms with Crippen molar-refractivity contribution in [3.8, 4) is 22.3 Å². The average molecular weight is 1150 g/mol. The number of fused-ring (bicyclic) bond motifs is 4. The first kappa shape index (κ1) is 58.7. The highest BCUT2D eigenvalue weighted by molar-refractivity contribution is 6.10. The van der Waals surface area contributed by atoms with Gasteiger partial charge in [-0.15, -0.1) is 0 Å². The Hall–Kier alpha value is -10.5. The highest BCUT2D eigenvalue weighted by Gasteiger charge is 2.73. The molecule has 12 rings (SSSR count). The first-order valence-electron chi connectivity index (χ1n) is 28.1. The summed E-state index contributed by atoms with van der Waals surface area (Å²) in [6.07, 6.45) is 2.22. The third-order valence-electron chi connectivity index (χ3n) is 16.3. The predicted molar refractivity (Wildman–Crippen MR) is 322 cm³/mol.